The molecule has 0 bridgehead atoms. The molecule has 0 aromatic heterocycles. The van der Waals surface area contributed by atoms with E-state index in [2.05, 4.69) is 4.74 Å². The van der Waals surface area contributed by atoms with Gasteiger partial charge in [-0.3, -0.25) is 0 Å². The monoisotopic (exact) mass is 644 g/mol. The molecule has 34 heavy (non-hydrogen) atoms. The highest BCUT2D eigenvalue weighted by Crippen LogP contribution is 2.63. The van der Waals surface area contributed by atoms with Crippen LogP contribution in [0.4, 0.5) is 65.9 Å². The van der Waals surface area contributed by atoms with Crippen LogP contribution in [-0.4, -0.2) is 48.8 Å². The van der Waals surface area contributed by atoms with Crippen molar-refractivity contribution in [3.05, 3.63) is 33.4 Å². The first-order valence-corrected chi connectivity index (χ1v) is 9.49. The maximum Gasteiger partial charge on any atom is 0.460 e. The minimum absolute atomic E-state index is 0.263. The first kappa shape index (κ1) is 30.9. The molecule has 17 heteroatoms. The molecule has 1 aromatic rings. The quantitative estimate of drug-likeness (QED) is 0.196. The molecule has 0 heterocycles. The Hall–Kier alpha value is -1.14. The topological polar surface area (TPSA) is 9.23 Å². The highest BCUT2D eigenvalue weighted by Gasteiger charge is 2.93. The maximum atomic E-state index is 14.3. The Bertz CT molecular complexity index is 880. The van der Waals surface area contributed by atoms with E-state index in [1.54, 1.807) is 22.6 Å². The molecule has 0 aliphatic heterocycles. The van der Waals surface area contributed by atoms with Gasteiger partial charge < -0.3 is 4.74 Å². The molecular weight excluding hydrogens is 632 g/mol. The van der Waals surface area contributed by atoms with E-state index >= 15 is 0 Å². The van der Waals surface area contributed by atoms with E-state index in [0.717, 1.165) is 18.2 Å². The van der Waals surface area contributed by atoms with E-state index in [0.29, 0.717) is 14.0 Å². The molecule has 0 fully saturated rings. The summed E-state index contributed by atoms with van der Waals surface area (Å²) in [5.41, 5.74) is -3.07. The van der Waals surface area contributed by atoms with Crippen molar-refractivity contribution in [2.45, 2.75) is 60.7 Å². The van der Waals surface area contributed by atoms with Crippen molar-refractivity contribution < 1.29 is 70.6 Å². The third-order valence-corrected chi connectivity index (χ3v) is 5.51. The van der Waals surface area contributed by atoms with Crippen LogP contribution in [0.5, 0.6) is 0 Å². The molecule has 0 saturated carbocycles. The third kappa shape index (κ3) is 4.54. The molecule has 0 radical (unpaired) electrons. The fraction of sp³-hybridized carbons (Fsp3) is 0.647. The van der Waals surface area contributed by atoms with Gasteiger partial charge in [-0.25, -0.2) is 0 Å². The van der Waals surface area contributed by atoms with E-state index in [9.17, 15) is 65.9 Å². The standard InChI is InChI=1S/C17H12F15IO/c1-10(34-2,8-4-3-5-9(33)6-8)7-11(18,19)12(20,21)13(22,23)14(24,25)15(26,27)16(28,29)17(30,31)32/h3-6H,7H2,1-2H3. The van der Waals surface area contributed by atoms with E-state index in [4.69, 9.17) is 0 Å². The summed E-state index contributed by atoms with van der Waals surface area (Å²) in [4.78, 5) is 0. The lowest BCUT2D eigenvalue weighted by Crippen LogP contribution is -2.72. The van der Waals surface area contributed by atoms with Gasteiger partial charge in [0.2, 0.25) is 0 Å². The van der Waals surface area contributed by atoms with E-state index in [-0.39, 0.29) is 3.57 Å². The predicted octanol–water partition coefficient (Wildman–Crippen LogP) is 7.92. The van der Waals surface area contributed by atoms with Crippen molar-refractivity contribution in [2.24, 2.45) is 0 Å². The van der Waals surface area contributed by atoms with E-state index in [1.165, 1.54) is 6.07 Å². The lowest BCUT2D eigenvalue weighted by molar-refractivity contribution is -0.453. The van der Waals surface area contributed by atoms with Crippen LogP contribution in [0.2, 0.25) is 0 Å². The average Bonchev–Trinajstić information content (AvgIpc) is 2.65. The summed E-state index contributed by atoms with van der Waals surface area (Å²) < 4.78 is 205. The van der Waals surface area contributed by atoms with Crippen LogP contribution in [0.25, 0.3) is 0 Å². The summed E-state index contributed by atoms with van der Waals surface area (Å²) in [6.07, 6.45) is -10.2. The first-order valence-electron chi connectivity index (χ1n) is 8.41. The fourth-order valence-corrected chi connectivity index (χ4v) is 3.19. The number of hydrogen-bond acceptors (Lipinski definition) is 1. The second-order valence-electron chi connectivity index (χ2n) is 7.20. The van der Waals surface area contributed by atoms with Crippen LogP contribution < -0.4 is 0 Å². The molecule has 1 aromatic carbocycles. The SMILES string of the molecule is COC(C)(CC(F)(F)C(F)(F)C(F)(F)C(F)(F)C(F)(F)C(F)(F)C(F)(F)F)c1cccc(I)c1. The lowest BCUT2D eigenvalue weighted by Gasteiger charge is -2.43. The second kappa shape index (κ2) is 8.76. The molecule has 0 aliphatic rings. The van der Waals surface area contributed by atoms with Gasteiger partial charge in [-0.05, 0) is 47.2 Å². The largest absolute Gasteiger partial charge is 0.460 e. The Morgan fingerprint density at radius 3 is 1.47 bits per heavy atom. The molecular formula is C17H12F15IO. The summed E-state index contributed by atoms with van der Waals surface area (Å²) in [6, 6.07) is 4.49. The molecule has 0 spiro atoms. The zero-order valence-electron chi connectivity index (χ0n) is 16.5. The number of benzene rings is 1. The average molecular weight is 644 g/mol. The highest BCUT2D eigenvalue weighted by atomic mass is 127. The summed E-state index contributed by atoms with van der Waals surface area (Å²) in [6.45, 7) is 0.602. The second-order valence-corrected chi connectivity index (χ2v) is 8.44. The van der Waals surface area contributed by atoms with Gasteiger partial charge in [-0.15, -0.1) is 0 Å². The number of halogens is 16. The van der Waals surface area contributed by atoms with Crippen LogP contribution in [0.3, 0.4) is 0 Å². The first-order chi connectivity index (χ1) is 14.8. The molecule has 0 saturated heterocycles. The Labute approximate surface area is 194 Å². The van der Waals surface area contributed by atoms with Gasteiger partial charge in [-0.1, -0.05) is 12.1 Å². The number of alkyl halides is 15. The summed E-state index contributed by atoms with van der Waals surface area (Å²) in [5.74, 6) is -46.7. The van der Waals surface area contributed by atoms with Gasteiger partial charge in [0.15, 0.2) is 0 Å². The minimum atomic E-state index is -8.31. The van der Waals surface area contributed by atoms with Crippen molar-refractivity contribution in [2.75, 3.05) is 7.11 Å². The molecule has 198 valence electrons. The summed E-state index contributed by atoms with van der Waals surface area (Å²) >= 11 is 1.60. The molecule has 1 rings (SSSR count). The van der Waals surface area contributed by atoms with Gasteiger partial charge in [0.1, 0.15) is 0 Å². The van der Waals surface area contributed by atoms with Crippen LogP contribution in [0, 0.1) is 3.57 Å². The molecule has 1 unspecified atom stereocenters. The van der Waals surface area contributed by atoms with Crippen LogP contribution >= 0.6 is 22.6 Å². The van der Waals surface area contributed by atoms with E-state index in [1.807, 2.05) is 0 Å². The number of rotatable bonds is 9. The third-order valence-electron chi connectivity index (χ3n) is 4.84. The van der Waals surface area contributed by atoms with Crippen LogP contribution in [0.15, 0.2) is 24.3 Å². The zero-order valence-corrected chi connectivity index (χ0v) is 18.6. The van der Waals surface area contributed by atoms with Gasteiger partial charge in [0, 0.05) is 10.7 Å². The smallest absolute Gasteiger partial charge is 0.374 e. The van der Waals surface area contributed by atoms with Gasteiger partial charge in [0.25, 0.3) is 0 Å². The Morgan fingerprint density at radius 1 is 0.676 bits per heavy atom. The number of hydrogen-bond donors (Lipinski definition) is 0. The number of ether oxygens (including phenoxy) is 1. The normalized spacial score (nSPS) is 17.0. The van der Waals surface area contributed by atoms with Crippen LogP contribution in [0.1, 0.15) is 18.9 Å². The zero-order chi connectivity index (χ0) is 27.4. The maximum absolute atomic E-state index is 14.3. The highest BCUT2D eigenvalue weighted by molar-refractivity contribution is 14.1. The molecule has 1 atom stereocenters. The Balaban J connectivity index is 3.60. The number of methoxy groups -OCH3 is 1. The Kier molecular flexibility index (Phi) is 7.96. The predicted molar refractivity (Wildman–Crippen MR) is 93.9 cm³/mol. The molecule has 0 aliphatic carbocycles. The summed E-state index contributed by atoms with van der Waals surface area (Å²) in [5, 5.41) is 0. The summed E-state index contributed by atoms with van der Waals surface area (Å²) in [7, 11) is 0.610. The molecule has 0 amide bonds. The van der Waals surface area contributed by atoms with E-state index < -0.39 is 59.3 Å². The van der Waals surface area contributed by atoms with Crippen molar-refractivity contribution in [3.8, 4) is 0 Å². The van der Waals surface area contributed by atoms with Crippen LogP contribution in [-0.2, 0) is 10.3 Å². The van der Waals surface area contributed by atoms with Crippen molar-refractivity contribution >= 4 is 22.6 Å². The molecule has 0 N–H and O–H groups in total. The molecule has 1 nitrogen and oxygen atoms in total. The Morgan fingerprint density at radius 2 is 1.09 bits per heavy atom. The van der Waals surface area contributed by atoms with Crippen molar-refractivity contribution in [3.63, 3.8) is 0 Å². The van der Waals surface area contributed by atoms with Crippen molar-refractivity contribution in [1.29, 1.82) is 0 Å². The van der Waals surface area contributed by atoms with Crippen molar-refractivity contribution in [1.82, 2.24) is 0 Å². The lowest BCUT2D eigenvalue weighted by atomic mass is 9.83. The minimum Gasteiger partial charge on any atom is -0.374 e. The fourth-order valence-electron chi connectivity index (χ4n) is 2.64. The van der Waals surface area contributed by atoms with Gasteiger partial charge in [0.05, 0.1) is 12.0 Å². The van der Waals surface area contributed by atoms with Gasteiger partial charge in [-0.2, -0.15) is 65.9 Å². The van der Waals surface area contributed by atoms with Gasteiger partial charge >= 0.3 is 41.7 Å².